The molecule has 0 radical (unpaired) electrons. The standard InChI is InChI=1S/C14H19ClN2O3S/c15-10-14(18)16-11-12-6-2-3-7-13(12)21(19,20)17-8-4-1-5-9-17/h2-3,6-7H,1,4-5,8-11H2,(H,16,18). The average molecular weight is 331 g/mol. The summed E-state index contributed by atoms with van der Waals surface area (Å²) < 4.78 is 26.9. The van der Waals surface area contributed by atoms with Gasteiger partial charge in [0.1, 0.15) is 5.88 Å². The maximum atomic E-state index is 12.7. The molecular weight excluding hydrogens is 312 g/mol. The third-order valence-electron chi connectivity index (χ3n) is 3.50. The Bertz CT molecular complexity index is 598. The summed E-state index contributed by atoms with van der Waals surface area (Å²) in [6, 6.07) is 6.76. The summed E-state index contributed by atoms with van der Waals surface area (Å²) in [5, 5.41) is 2.61. The van der Waals surface area contributed by atoms with E-state index in [1.807, 2.05) is 0 Å². The van der Waals surface area contributed by atoms with Gasteiger partial charge in [0.05, 0.1) is 4.90 Å². The lowest BCUT2D eigenvalue weighted by Crippen LogP contribution is -2.36. The summed E-state index contributed by atoms with van der Waals surface area (Å²) in [5.41, 5.74) is 0.585. The second-order valence-electron chi connectivity index (χ2n) is 4.98. The monoisotopic (exact) mass is 330 g/mol. The Hall–Kier alpha value is -1.11. The van der Waals surface area contributed by atoms with Crippen LogP contribution in [0, 0.1) is 0 Å². The lowest BCUT2D eigenvalue weighted by atomic mass is 10.2. The first kappa shape index (κ1) is 16.3. The summed E-state index contributed by atoms with van der Waals surface area (Å²) >= 11 is 5.43. The first-order valence-electron chi connectivity index (χ1n) is 6.96. The number of nitrogens with zero attached hydrogens (tertiary/aromatic N) is 1. The van der Waals surface area contributed by atoms with Crippen molar-refractivity contribution in [2.45, 2.75) is 30.7 Å². The fourth-order valence-corrected chi connectivity index (χ4v) is 4.22. The van der Waals surface area contributed by atoms with Gasteiger partial charge in [-0.2, -0.15) is 4.31 Å². The van der Waals surface area contributed by atoms with Gasteiger partial charge in [0.2, 0.25) is 15.9 Å². The number of benzene rings is 1. The number of rotatable bonds is 5. The number of carbonyl (C=O) groups is 1. The molecule has 2 rings (SSSR count). The predicted molar refractivity (Wildman–Crippen MR) is 81.6 cm³/mol. The summed E-state index contributed by atoms with van der Waals surface area (Å²) in [6.45, 7) is 1.28. The Kier molecular flexibility index (Phi) is 5.61. The quantitative estimate of drug-likeness (QED) is 0.836. The second kappa shape index (κ2) is 7.24. The van der Waals surface area contributed by atoms with E-state index in [0.717, 1.165) is 19.3 Å². The van der Waals surface area contributed by atoms with Crippen LogP contribution in [0.3, 0.4) is 0 Å². The van der Waals surface area contributed by atoms with Gasteiger partial charge in [0.25, 0.3) is 0 Å². The molecule has 21 heavy (non-hydrogen) atoms. The van der Waals surface area contributed by atoms with Crippen molar-refractivity contribution in [2.75, 3.05) is 19.0 Å². The molecule has 1 aliphatic rings. The third kappa shape index (κ3) is 3.96. The molecule has 7 heteroatoms. The molecule has 0 aromatic heterocycles. The van der Waals surface area contributed by atoms with Crippen LogP contribution in [0.25, 0.3) is 0 Å². The molecular formula is C14H19ClN2O3S. The third-order valence-corrected chi connectivity index (χ3v) is 5.74. The number of piperidine rings is 1. The Morgan fingerprint density at radius 3 is 2.52 bits per heavy atom. The van der Waals surface area contributed by atoms with Gasteiger partial charge >= 0.3 is 0 Å². The minimum atomic E-state index is -3.50. The highest BCUT2D eigenvalue weighted by atomic mass is 35.5. The fourth-order valence-electron chi connectivity index (χ4n) is 2.39. The molecule has 0 aliphatic carbocycles. The van der Waals surface area contributed by atoms with Crippen LogP contribution < -0.4 is 5.32 Å². The highest BCUT2D eigenvalue weighted by molar-refractivity contribution is 7.89. The Balaban J connectivity index is 2.23. The predicted octanol–water partition coefficient (Wildman–Crippen LogP) is 1.72. The van der Waals surface area contributed by atoms with Crippen molar-refractivity contribution in [1.82, 2.24) is 9.62 Å². The van der Waals surface area contributed by atoms with Crippen molar-refractivity contribution in [3.05, 3.63) is 29.8 Å². The fraction of sp³-hybridized carbons (Fsp3) is 0.500. The van der Waals surface area contributed by atoms with E-state index in [1.165, 1.54) is 4.31 Å². The smallest absolute Gasteiger partial charge is 0.243 e. The van der Waals surface area contributed by atoms with Gasteiger partial charge in [-0.1, -0.05) is 24.6 Å². The molecule has 0 bridgehead atoms. The molecule has 0 saturated carbocycles. The van der Waals surface area contributed by atoms with Crippen LogP contribution >= 0.6 is 11.6 Å². The molecule has 5 nitrogen and oxygen atoms in total. The van der Waals surface area contributed by atoms with Gasteiger partial charge in [-0.15, -0.1) is 11.6 Å². The van der Waals surface area contributed by atoms with Gasteiger partial charge in [-0.3, -0.25) is 4.79 Å². The number of hydrogen-bond acceptors (Lipinski definition) is 3. The lowest BCUT2D eigenvalue weighted by molar-refractivity contribution is -0.118. The number of carbonyl (C=O) groups excluding carboxylic acids is 1. The number of nitrogens with one attached hydrogen (secondary N) is 1. The van der Waals surface area contributed by atoms with Gasteiger partial charge < -0.3 is 5.32 Å². The van der Waals surface area contributed by atoms with Crippen LogP contribution in [0.1, 0.15) is 24.8 Å². The molecule has 0 atom stereocenters. The van der Waals surface area contributed by atoms with Crippen molar-refractivity contribution >= 4 is 27.5 Å². The first-order valence-corrected chi connectivity index (χ1v) is 8.94. The zero-order valence-corrected chi connectivity index (χ0v) is 13.3. The van der Waals surface area contributed by atoms with Crippen molar-refractivity contribution in [3.8, 4) is 0 Å². The molecule has 0 unspecified atom stereocenters. The summed E-state index contributed by atoms with van der Waals surface area (Å²) in [6.07, 6.45) is 2.86. The Labute approximate surface area is 130 Å². The Morgan fingerprint density at radius 1 is 1.19 bits per heavy atom. The van der Waals surface area contributed by atoms with Gasteiger partial charge in [0, 0.05) is 19.6 Å². The maximum absolute atomic E-state index is 12.7. The van der Waals surface area contributed by atoms with Gasteiger partial charge in [-0.25, -0.2) is 8.42 Å². The van der Waals surface area contributed by atoms with Crippen molar-refractivity contribution in [3.63, 3.8) is 0 Å². The van der Waals surface area contributed by atoms with E-state index >= 15 is 0 Å². The zero-order chi connectivity index (χ0) is 15.3. The van der Waals surface area contributed by atoms with Gasteiger partial charge in [0.15, 0.2) is 0 Å². The molecule has 1 amide bonds. The number of sulfonamides is 1. The molecule has 1 heterocycles. The van der Waals surface area contributed by atoms with Gasteiger partial charge in [-0.05, 0) is 24.5 Å². The number of alkyl halides is 1. The van der Waals surface area contributed by atoms with Crippen LogP contribution in [-0.2, 0) is 21.4 Å². The van der Waals surface area contributed by atoms with Crippen LogP contribution in [0.4, 0.5) is 0 Å². The Morgan fingerprint density at radius 2 is 1.86 bits per heavy atom. The largest absolute Gasteiger partial charge is 0.351 e. The molecule has 1 aromatic rings. The zero-order valence-electron chi connectivity index (χ0n) is 11.7. The van der Waals surface area contributed by atoms with E-state index in [2.05, 4.69) is 5.32 Å². The molecule has 1 N–H and O–H groups in total. The van der Waals surface area contributed by atoms with Crippen molar-refractivity contribution in [2.24, 2.45) is 0 Å². The van der Waals surface area contributed by atoms with E-state index in [1.54, 1.807) is 24.3 Å². The molecule has 1 fully saturated rings. The maximum Gasteiger partial charge on any atom is 0.243 e. The minimum Gasteiger partial charge on any atom is -0.351 e. The number of hydrogen-bond donors (Lipinski definition) is 1. The SMILES string of the molecule is O=C(CCl)NCc1ccccc1S(=O)(=O)N1CCCCC1. The van der Waals surface area contributed by atoms with Crippen LogP contribution in [0.2, 0.25) is 0 Å². The lowest BCUT2D eigenvalue weighted by Gasteiger charge is -2.26. The van der Waals surface area contributed by atoms with E-state index in [9.17, 15) is 13.2 Å². The first-order chi connectivity index (χ1) is 10.1. The van der Waals surface area contributed by atoms with Crippen molar-refractivity contribution in [1.29, 1.82) is 0 Å². The number of halogens is 1. The highest BCUT2D eigenvalue weighted by Gasteiger charge is 2.27. The molecule has 0 spiro atoms. The topological polar surface area (TPSA) is 66.5 Å². The summed E-state index contributed by atoms with van der Waals surface area (Å²) in [4.78, 5) is 11.5. The highest BCUT2D eigenvalue weighted by Crippen LogP contribution is 2.23. The van der Waals surface area contributed by atoms with E-state index in [4.69, 9.17) is 11.6 Å². The molecule has 1 saturated heterocycles. The van der Waals surface area contributed by atoms with Crippen LogP contribution in [0.5, 0.6) is 0 Å². The molecule has 116 valence electrons. The molecule has 1 aromatic carbocycles. The number of amides is 1. The van der Waals surface area contributed by atoms with Crippen LogP contribution in [0.15, 0.2) is 29.2 Å². The average Bonchev–Trinajstić information content (AvgIpc) is 2.53. The van der Waals surface area contributed by atoms with E-state index in [-0.39, 0.29) is 23.2 Å². The van der Waals surface area contributed by atoms with Crippen molar-refractivity contribution < 1.29 is 13.2 Å². The van der Waals surface area contributed by atoms with E-state index in [0.29, 0.717) is 18.7 Å². The summed E-state index contributed by atoms with van der Waals surface area (Å²) in [7, 11) is -3.50. The molecule has 1 aliphatic heterocycles. The second-order valence-corrected chi connectivity index (χ2v) is 7.16. The summed E-state index contributed by atoms with van der Waals surface area (Å²) in [5.74, 6) is -0.456. The van der Waals surface area contributed by atoms with Crippen LogP contribution in [-0.4, -0.2) is 37.6 Å². The normalized spacial score (nSPS) is 16.6. The minimum absolute atomic E-state index is 0.138. The van der Waals surface area contributed by atoms with E-state index < -0.39 is 10.0 Å².